The van der Waals surface area contributed by atoms with E-state index in [1.807, 2.05) is 43.0 Å². The van der Waals surface area contributed by atoms with Crippen molar-refractivity contribution in [3.8, 4) is 0 Å². The number of carbonyl (C=O) groups excluding carboxylic acids is 1. The summed E-state index contributed by atoms with van der Waals surface area (Å²) in [4.78, 5) is 15.4. The Morgan fingerprint density at radius 2 is 1.68 bits per heavy atom. The second kappa shape index (κ2) is 10.5. The average Bonchev–Trinajstić information content (AvgIpc) is 3.28. The van der Waals surface area contributed by atoms with E-state index in [9.17, 15) is 13.2 Å². The molecule has 0 radical (unpaired) electrons. The van der Waals surface area contributed by atoms with Crippen LogP contribution in [-0.2, 0) is 21.2 Å². The number of rotatable bonds is 5. The van der Waals surface area contributed by atoms with Crippen LogP contribution < -0.4 is 4.90 Å². The number of carbonyl (C=O) groups is 1. The van der Waals surface area contributed by atoms with Gasteiger partial charge in [0, 0.05) is 31.2 Å². The lowest BCUT2D eigenvalue weighted by Crippen LogP contribution is -2.45. The first-order valence-electron chi connectivity index (χ1n) is 13.3. The maximum Gasteiger partial charge on any atom is 0.248 e. The quantitative estimate of drug-likeness (QED) is 0.435. The zero-order valence-electron chi connectivity index (χ0n) is 22.5. The van der Waals surface area contributed by atoms with Crippen molar-refractivity contribution < 1.29 is 17.7 Å². The second-order valence-corrected chi connectivity index (χ2v) is 12.4. The summed E-state index contributed by atoms with van der Waals surface area (Å²) in [7, 11) is -3.83. The van der Waals surface area contributed by atoms with E-state index in [0.717, 1.165) is 35.2 Å². The van der Waals surface area contributed by atoms with E-state index in [1.54, 1.807) is 13.0 Å². The Bertz CT molecular complexity index is 1470. The molecule has 0 N–H and O–H groups in total. The van der Waals surface area contributed by atoms with Gasteiger partial charge in [-0.05, 0) is 87.8 Å². The topological polar surface area (TPSA) is 83.7 Å². The Morgan fingerprint density at radius 3 is 2.39 bits per heavy atom. The van der Waals surface area contributed by atoms with Crippen molar-refractivity contribution in [2.45, 2.75) is 58.3 Å². The molecule has 8 heteroatoms. The van der Waals surface area contributed by atoms with Gasteiger partial charge in [0.2, 0.25) is 15.9 Å². The summed E-state index contributed by atoms with van der Waals surface area (Å²) in [5, 5.41) is 3.98. The zero-order chi connectivity index (χ0) is 27.0. The van der Waals surface area contributed by atoms with Crippen LogP contribution in [0.5, 0.6) is 0 Å². The van der Waals surface area contributed by atoms with Crippen molar-refractivity contribution in [1.82, 2.24) is 9.46 Å². The molecule has 2 aliphatic heterocycles. The van der Waals surface area contributed by atoms with Crippen molar-refractivity contribution in [2.75, 3.05) is 24.5 Å². The van der Waals surface area contributed by atoms with Crippen LogP contribution in [0.4, 0.5) is 5.69 Å². The first-order valence-corrected chi connectivity index (χ1v) is 14.7. The minimum atomic E-state index is -3.83. The molecule has 0 atom stereocenters. The zero-order valence-corrected chi connectivity index (χ0v) is 23.3. The number of hydrogen-bond donors (Lipinski definition) is 0. The maximum absolute atomic E-state index is 13.7. The standard InChI is InChI=1S/C30H35N3O4S/c1-20-18-21(2)26(22(3)19-20)11-12-28-29(23(4)31-37-28)38(35,36)32-16-13-25(14-17-32)30(34)33-15-7-9-24-8-5-6-10-27(24)33/h5-6,8,10-12,18-19,25H,7,9,13-17H2,1-4H3/b12-11+. The number of nitrogens with zero attached hydrogens (tertiary/aromatic N) is 3. The number of benzene rings is 2. The Kier molecular flexibility index (Phi) is 7.29. The van der Waals surface area contributed by atoms with Crippen LogP contribution in [0.3, 0.4) is 0 Å². The van der Waals surface area contributed by atoms with Crippen LogP contribution in [-0.4, -0.2) is 43.4 Å². The monoisotopic (exact) mass is 533 g/mol. The molecule has 0 bridgehead atoms. The second-order valence-electron chi connectivity index (χ2n) is 10.5. The molecule has 200 valence electrons. The van der Waals surface area contributed by atoms with Crippen molar-refractivity contribution in [3.05, 3.63) is 75.7 Å². The fourth-order valence-electron chi connectivity index (χ4n) is 5.87. The molecular formula is C30H35N3O4S. The molecule has 1 aromatic heterocycles. The lowest BCUT2D eigenvalue weighted by Gasteiger charge is -2.36. The molecule has 1 fully saturated rings. The number of fused-ring (bicyclic) bond motifs is 1. The molecule has 0 aliphatic carbocycles. The first-order chi connectivity index (χ1) is 18.2. The fourth-order valence-corrected chi connectivity index (χ4v) is 7.59. The number of hydrogen-bond acceptors (Lipinski definition) is 5. The van der Waals surface area contributed by atoms with Gasteiger partial charge in [-0.2, -0.15) is 4.31 Å². The van der Waals surface area contributed by atoms with Gasteiger partial charge in [-0.1, -0.05) is 47.1 Å². The summed E-state index contributed by atoms with van der Waals surface area (Å²) < 4.78 is 34.4. The normalized spacial score (nSPS) is 17.2. The molecule has 1 amide bonds. The smallest absolute Gasteiger partial charge is 0.248 e. The summed E-state index contributed by atoms with van der Waals surface area (Å²) in [5.74, 6) is 0.135. The molecule has 38 heavy (non-hydrogen) atoms. The van der Waals surface area contributed by atoms with Crippen LogP contribution in [0, 0.1) is 33.6 Å². The molecule has 5 rings (SSSR count). The lowest BCUT2D eigenvalue weighted by molar-refractivity contribution is -0.123. The first kappa shape index (κ1) is 26.4. The summed E-state index contributed by atoms with van der Waals surface area (Å²) in [5.41, 5.74) is 6.98. The molecule has 7 nitrogen and oxygen atoms in total. The number of para-hydroxylation sites is 1. The van der Waals surface area contributed by atoms with Gasteiger partial charge in [0.25, 0.3) is 0 Å². The SMILES string of the molecule is Cc1cc(C)c(/C=C/c2onc(C)c2S(=O)(=O)N2CCC(C(=O)N3CCCc4ccccc43)CC2)c(C)c1. The Labute approximate surface area is 225 Å². The van der Waals surface area contributed by atoms with Crippen LogP contribution in [0.15, 0.2) is 45.8 Å². The van der Waals surface area contributed by atoms with Crippen LogP contribution >= 0.6 is 0 Å². The van der Waals surface area contributed by atoms with Gasteiger partial charge in [0.05, 0.1) is 0 Å². The fraction of sp³-hybridized carbons (Fsp3) is 0.400. The molecule has 2 aromatic carbocycles. The molecule has 0 saturated carbocycles. The Hall–Kier alpha value is -3.23. The van der Waals surface area contributed by atoms with Gasteiger partial charge in [0.1, 0.15) is 5.69 Å². The third-order valence-corrected chi connectivity index (χ3v) is 9.81. The lowest BCUT2D eigenvalue weighted by atomic mass is 9.94. The summed E-state index contributed by atoms with van der Waals surface area (Å²) >= 11 is 0. The van der Waals surface area contributed by atoms with Crippen molar-refractivity contribution in [2.24, 2.45) is 5.92 Å². The molecule has 0 spiro atoms. The van der Waals surface area contributed by atoms with Crippen molar-refractivity contribution >= 4 is 33.8 Å². The van der Waals surface area contributed by atoms with Crippen molar-refractivity contribution in [1.29, 1.82) is 0 Å². The van der Waals surface area contributed by atoms with Crippen molar-refractivity contribution in [3.63, 3.8) is 0 Å². The van der Waals surface area contributed by atoms with E-state index in [1.165, 1.54) is 15.4 Å². The number of amides is 1. The molecule has 1 saturated heterocycles. The highest BCUT2D eigenvalue weighted by molar-refractivity contribution is 7.89. The number of sulfonamides is 1. The third-order valence-electron chi connectivity index (χ3n) is 7.75. The van der Waals surface area contributed by atoms with E-state index in [2.05, 4.69) is 30.3 Å². The number of piperidine rings is 1. The molecule has 2 aliphatic rings. The Morgan fingerprint density at radius 1 is 1.00 bits per heavy atom. The average molecular weight is 534 g/mol. The van der Waals surface area contributed by atoms with Gasteiger partial charge < -0.3 is 9.42 Å². The van der Waals surface area contributed by atoms with Crippen LogP contribution in [0.25, 0.3) is 12.2 Å². The van der Waals surface area contributed by atoms with E-state index in [-0.39, 0.29) is 35.6 Å². The van der Waals surface area contributed by atoms with E-state index >= 15 is 0 Å². The van der Waals surface area contributed by atoms with E-state index in [4.69, 9.17) is 4.52 Å². The van der Waals surface area contributed by atoms with E-state index < -0.39 is 10.0 Å². The summed E-state index contributed by atoms with van der Waals surface area (Å²) in [6.07, 6.45) is 6.50. The molecule has 3 aromatic rings. The number of anilines is 1. The largest absolute Gasteiger partial charge is 0.355 e. The van der Waals surface area contributed by atoms with Gasteiger partial charge in [0.15, 0.2) is 10.7 Å². The predicted octanol–water partition coefficient (Wildman–Crippen LogP) is 5.46. The van der Waals surface area contributed by atoms with Gasteiger partial charge >= 0.3 is 0 Å². The highest BCUT2D eigenvalue weighted by Crippen LogP contribution is 2.33. The van der Waals surface area contributed by atoms with E-state index in [0.29, 0.717) is 25.1 Å². The van der Waals surface area contributed by atoms with Crippen LogP contribution in [0.2, 0.25) is 0 Å². The van der Waals surface area contributed by atoms with Gasteiger partial charge in [-0.3, -0.25) is 4.79 Å². The number of aromatic nitrogens is 1. The molecule has 0 unspecified atom stereocenters. The minimum absolute atomic E-state index is 0.0998. The van der Waals surface area contributed by atoms with Gasteiger partial charge in [-0.25, -0.2) is 8.42 Å². The third kappa shape index (κ3) is 4.95. The molecule has 3 heterocycles. The van der Waals surface area contributed by atoms with Crippen LogP contribution in [0.1, 0.15) is 58.5 Å². The summed E-state index contributed by atoms with van der Waals surface area (Å²) in [6.45, 7) is 9.08. The Balaban J connectivity index is 1.32. The highest BCUT2D eigenvalue weighted by atomic mass is 32.2. The molecular weight excluding hydrogens is 498 g/mol. The van der Waals surface area contributed by atoms with Gasteiger partial charge in [-0.15, -0.1) is 0 Å². The predicted molar refractivity (Wildman–Crippen MR) is 149 cm³/mol. The minimum Gasteiger partial charge on any atom is -0.355 e. The maximum atomic E-state index is 13.7. The number of aryl methyl sites for hydroxylation is 5. The highest BCUT2D eigenvalue weighted by Gasteiger charge is 2.37. The summed E-state index contributed by atoms with van der Waals surface area (Å²) in [6, 6.07) is 12.3.